The fraction of sp³-hybridized carbons (Fsp3) is 0.133. The van der Waals surface area contributed by atoms with Crippen molar-refractivity contribution >= 4 is 13.5 Å². The van der Waals surface area contributed by atoms with Crippen molar-refractivity contribution in [3.63, 3.8) is 0 Å². The zero-order valence-corrected chi connectivity index (χ0v) is 10.5. The van der Waals surface area contributed by atoms with Crippen molar-refractivity contribution in [3.05, 3.63) is 60.2 Å². The summed E-state index contributed by atoms with van der Waals surface area (Å²) >= 11 is 0. The standard InChI is InChI=1S/C15H15P/c1-12(16-2)14-9-6-10-15(11-14)13-7-4-3-5-8-13/h3-11H,1-2H3. The summed E-state index contributed by atoms with van der Waals surface area (Å²) < 4.78 is 0. The summed E-state index contributed by atoms with van der Waals surface area (Å²) in [6.07, 6.45) is 0. The number of rotatable bonds is 2. The quantitative estimate of drug-likeness (QED) is 0.663. The Morgan fingerprint density at radius 3 is 2.25 bits per heavy atom. The van der Waals surface area contributed by atoms with Crippen LogP contribution in [-0.2, 0) is 0 Å². The Kier molecular flexibility index (Phi) is 3.54. The van der Waals surface area contributed by atoms with E-state index >= 15 is 0 Å². The predicted molar refractivity (Wildman–Crippen MR) is 74.5 cm³/mol. The molecule has 0 aliphatic rings. The van der Waals surface area contributed by atoms with E-state index < -0.39 is 0 Å². The SMILES string of the molecule is CP=C(C)c1cccc(-c2ccccc2)c1. The van der Waals surface area contributed by atoms with Gasteiger partial charge < -0.3 is 0 Å². The lowest BCUT2D eigenvalue weighted by Crippen LogP contribution is -1.90. The molecule has 0 fully saturated rings. The monoisotopic (exact) mass is 226 g/mol. The van der Waals surface area contributed by atoms with Crippen LogP contribution in [0.25, 0.3) is 11.1 Å². The van der Waals surface area contributed by atoms with Gasteiger partial charge in [-0.2, -0.15) is 0 Å². The van der Waals surface area contributed by atoms with Crippen LogP contribution in [0.15, 0.2) is 54.6 Å². The molecule has 1 heteroatoms. The molecule has 2 aromatic rings. The molecule has 0 bridgehead atoms. The minimum absolute atomic E-state index is 1.28. The van der Waals surface area contributed by atoms with Crippen LogP contribution in [0, 0.1) is 0 Å². The Bertz CT molecular complexity index is 498. The number of hydrogen-bond donors (Lipinski definition) is 0. The molecule has 2 aromatic carbocycles. The van der Waals surface area contributed by atoms with Crippen LogP contribution < -0.4 is 0 Å². The second-order valence-corrected chi connectivity index (χ2v) is 4.87. The first kappa shape index (κ1) is 11.1. The molecule has 0 saturated heterocycles. The van der Waals surface area contributed by atoms with Gasteiger partial charge in [-0.1, -0.05) is 48.5 Å². The molecule has 80 valence electrons. The maximum Gasteiger partial charge on any atom is -0.0178 e. The smallest absolute Gasteiger partial charge is 0.0178 e. The van der Waals surface area contributed by atoms with Gasteiger partial charge in [-0.3, -0.25) is 0 Å². The molecular formula is C15H15P. The van der Waals surface area contributed by atoms with Crippen LogP contribution in [0.3, 0.4) is 0 Å². The average molecular weight is 226 g/mol. The van der Waals surface area contributed by atoms with Crippen LogP contribution in [0.5, 0.6) is 0 Å². The second kappa shape index (κ2) is 5.09. The van der Waals surface area contributed by atoms with E-state index in [1.165, 1.54) is 30.2 Å². The third-order valence-electron chi connectivity index (χ3n) is 2.72. The normalized spacial score (nSPS) is 11.5. The largest absolute Gasteiger partial charge is 0.104 e. The summed E-state index contributed by atoms with van der Waals surface area (Å²) in [6.45, 7) is 4.36. The van der Waals surface area contributed by atoms with E-state index in [1.807, 2.05) is 0 Å². The van der Waals surface area contributed by atoms with Gasteiger partial charge in [0.05, 0.1) is 0 Å². The lowest BCUT2D eigenvalue weighted by atomic mass is 10.0. The molecule has 0 aromatic heterocycles. The van der Waals surface area contributed by atoms with Crippen LogP contribution in [0.1, 0.15) is 12.5 Å². The molecule has 0 amide bonds. The summed E-state index contributed by atoms with van der Waals surface area (Å²) in [5, 5.41) is 1.41. The van der Waals surface area contributed by atoms with Gasteiger partial charge in [0.15, 0.2) is 0 Å². The third-order valence-corrected chi connectivity index (χ3v) is 3.65. The molecule has 16 heavy (non-hydrogen) atoms. The van der Waals surface area contributed by atoms with Crippen molar-refractivity contribution in [3.8, 4) is 11.1 Å². The van der Waals surface area contributed by atoms with Gasteiger partial charge in [0.25, 0.3) is 0 Å². The predicted octanol–water partition coefficient (Wildman–Crippen LogP) is 4.47. The van der Waals surface area contributed by atoms with Crippen molar-refractivity contribution in [1.82, 2.24) is 0 Å². The molecule has 2 rings (SSSR count). The van der Waals surface area contributed by atoms with Gasteiger partial charge in [0, 0.05) is 0 Å². The van der Waals surface area contributed by atoms with Crippen molar-refractivity contribution in [1.29, 1.82) is 0 Å². The molecule has 0 aliphatic carbocycles. The van der Waals surface area contributed by atoms with Gasteiger partial charge >= 0.3 is 0 Å². The molecule has 0 heterocycles. The van der Waals surface area contributed by atoms with Gasteiger partial charge in [0.2, 0.25) is 0 Å². The maximum absolute atomic E-state index is 2.27. The Labute approximate surface area is 98.8 Å². The Morgan fingerprint density at radius 2 is 1.56 bits per heavy atom. The first-order chi connectivity index (χ1) is 7.81. The lowest BCUT2D eigenvalue weighted by Gasteiger charge is -2.05. The first-order valence-corrected chi connectivity index (χ1v) is 6.74. The highest BCUT2D eigenvalue weighted by molar-refractivity contribution is 7.40. The fourth-order valence-corrected chi connectivity index (χ4v) is 2.08. The zero-order chi connectivity index (χ0) is 11.4. The summed E-state index contributed by atoms with van der Waals surface area (Å²) in [4.78, 5) is 0. The van der Waals surface area contributed by atoms with Crippen molar-refractivity contribution in [2.24, 2.45) is 0 Å². The van der Waals surface area contributed by atoms with Crippen LogP contribution in [-0.4, -0.2) is 12.0 Å². The van der Waals surface area contributed by atoms with E-state index in [1.54, 1.807) is 0 Å². The molecule has 0 spiro atoms. The minimum atomic E-state index is 1.28. The highest BCUT2D eigenvalue weighted by Gasteiger charge is 1.99. The van der Waals surface area contributed by atoms with E-state index in [9.17, 15) is 0 Å². The van der Waals surface area contributed by atoms with Gasteiger partial charge in [-0.05, 0) is 41.6 Å². The van der Waals surface area contributed by atoms with Gasteiger partial charge in [-0.25, -0.2) is 0 Å². The summed E-state index contributed by atoms with van der Waals surface area (Å²) in [7, 11) is 1.34. The highest BCUT2D eigenvalue weighted by atomic mass is 31.1. The van der Waals surface area contributed by atoms with Crippen molar-refractivity contribution in [2.75, 3.05) is 6.66 Å². The molecule has 0 radical (unpaired) electrons. The van der Waals surface area contributed by atoms with Crippen LogP contribution >= 0.6 is 8.20 Å². The fourth-order valence-electron chi connectivity index (χ4n) is 1.68. The van der Waals surface area contributed by atoms with E-state index in [2.05, 4.69) is 68.2 Å². The highest BCUT2D eigenvalue weighted by Crippen LogP contribution is 2.21. The second-order valence-electron chi connectivity index (χ2n) is 3.76. The van der Waals surface area contributed by atoms with E-state index in [0.717, 1.165) is 0 Å². The van der Waals surface area contributed by atoms with E-state index in [4.69, 9.17) is 0 Å². The summed E-state index contributed by atoms with van der Waals surface area (Å²) in [5.41, 5.74) is 3.91. The molecule has 0 unspecified atom stereocenters. The molecule has 0 nitrogen and oxygen atoms in total. The molecule has 0 N–H and O–H groups in total. The molecule has 0 atom stereocenters. The topological polar surface area (TPSA) is 0 Å². The van der Waals surface area contributed by atoms with Crippen molar-refractivity contribution < 1.29 is 0 Å². The zero-order valence-electron chi connectivity index (χ0n) is 9.64. The van der Waals surface area contributed by atoms with Gasteiger partial charge in [-0.15, -0.1) is 8.20 Å². The average Bonchev–Trinajstić information content (AvgIpc) is 2.39. The van der Waals surface area contributed by atoms with Crippen LogP contribution in [0.4, 0.5) is 0 Å². The molecule has 0 aliphatic heterocycles. The van der Waals surface area contributed by atoms with Gasteiger partial charge in [0.1, 0.15) is 0 Å². The first-order valence-electron chi connectivity index (χ1n) is 5.40. The number of hydrogen-bond acceptors (Lipinski definition) is 0. The van der Waals surface area contributed by atoms with Crippen molar-refractivity contribution in [2.45, 2.75) is 6.92 Å². The summed E-state index contributed by atoms with van der Waals surface area (Å²) in [6, 6.07) is 19.3. The lowest BCUT2D eigenvalue weighted by molar-refractivity contribution is 1.59. The Hall–Kier alpha value is -1.39. The Morgan fingerprint density at radius 1 is 0.875 bits per heavy atom. The summed E-state index contributed by atoms with van der Waals surface area (Å²) in [5.74, 6) is 0. The van der Waals surface area contributed by atoms with E-state index in [-0.39, 0.29) is 0 Å². The third kappa shape index (κ3) is 2.40. The maximum atomic E-state index is 2.27. The van der Waals surface area contributed by atoms with Crippen LogP contribution in [0.2, 0.25) is 0 Å². The number of benzene rings is 2. The Balaban J connectivity index is 2.44. The molecule has 0 saturated carbocycles. The van der Waals surface area contributed by atoms with E-state index in [0.29, 0.717) is 0 Å². The minimum Gasteiger partial charge on any atom is -0.104 e. The molecular weight excluding hydrogens is 211 g/mol.